The van der Waals surface area contributed by atoms with Crippen molar-refractivity contribution in [3.05, 3.63) is 58.6 Å². The van der Waals surface area contributed by atoms with Gasteiger partial charge in [0.05, 0.1) is 0 Å². The van der Waals surface area contributed by atoms with E-state index < -0.39 is 0 Å². The van der Waals surface area contributed by atoms with Gasteiger partial charge in [-0.15, -0.1) is 0 Å². The summed E-state index contributed by atoms with van der Waals surface area (Å²) in [6.45, 7) is 4.98. The molecule has 0 aliphatic heterocycles. The van der Waals surface area contributed by atoms with E-state index in [1.54, 1.807) is 0 Å². The molecule has 2 aromatic carbocycles. The Labute approximate surface area is 120 Å². The predicted octanol–water partition coefficient (Wildman–Crippen LogP) is 4.66. The van der Waals surface area contributed by atoms with E-state index >= 15 is 0 Å². The van der Waals surface area contributed by atoms with Crippen LogP contribution in [0.2, 0.25) is 5.02 Å². The van der Waals surface area contributed by atoms with E-state index in [-0.39, 0.29) is 0 Å². The van der Waals surface area contributed by atoms with Crippen molar-refractivity contribution in [2.24, 2.45) is 11.7 Å². The van der Waals surface area contributed by atoms with Crippen LogP contribution in [0.25, 0.3) is 11.1 Å². The topological polar surface area (TPSA) is 26.0 Å². The van der Waals surface area contributed by atoms with Gasteiger partial charge in [-0.3, -0.25) is 0 Å². The van der Waals surface area contributed by atoms with Gasteiger partial charge in [0.1, 0.15) is 0 Å². The normalized spacial score (nSPS) is 11.0. The maximum atomic E-state index is 6.12. The molecule has 0 bridgehead atoms. The molecule has 0 saturated carbocycles. The van der Waals surface area contributed by atoms with E-state index in [2.05, 4.69) is 44.2 Å². The van der Waals surface area contributed by atoms with Gasteiger partial charge in [0.25, 0.3) is 0 Å². The lowest BCUT2D eigenvalue weighted by Gasteiger charge is -2.08. The highest BCUT2D eigenvalue weighted by Crippen LogP contribution is 2.25. The number of nitrogens with two attached hydrogens (primary N) is 1. The van der Waals surface area contributed by atoms with Crippen LogP contribution in [0, 0.1) is 5.92 Å². The first-order valence-corrected chi connectivity index (χ1v) is 7.05. The molecule has 1 nitrogen and oxygen atoms in total. The van der Waals surface area contributed by atoms with E-state index in [1.165, 1.54) is 11.1 Å². The maximum absolute atomic E-state index is 6.12. The molecule has 0 fully saturated rings. The molecular weight excluding hydrogens is 254 g/mol. The SMILES string of the molecule is CC(C)Cc1ccc(-c2cc(Cl)cc(CN)c2)cc1. The lowest BCUT2D eigenvalue weighted by Crippen LogP contribution is -1.96. The maximum Gasteiger partial charge on any atom is 0.0415 e. The Kier molecular flexibility index (Phi) is 4.62. The van der Waals surface area contributed by atoms with Gasteiger partial charge in [-0.25, -0.2) is 0 Å². The van der Waals surface area contributed by atoms with Crippen molar-refractivity contribution in [3.63, 3.8) is 0 Å². The van der Waals surface area contributed by atoms with Crippen LogP contribution in [0.1, 0.15) is 25.0 Å². The number of rotatable bonds is 4. The average Bonchev–Trinajstić information content (AvgIpc) is 2.38. The Bertz CT molecular complexity index is 544. The largest absolute Gasteiger partial charge is 0.326 e. The first-order chi connectivity index (χ1) is 9.08. The summed E-state index contributed by atoms with van der Waals surface area (Å²) in [6.07, 6.45) is 1.11. The minimum atomic E-state index is 0.513. The Balaban J connectivity index is 2.29. The number of benzene rings is 2. The van der Waals surface area contributed by atoms with E-state index in [4.69, 9.17) is 17.3 Å². The van der Waals surface area contributed by atoms with Crippen molar-refractivity contribution in [1.82, 2.24) is 0 Å². The van der Waals surface area contributed by atoms with Gasteiger partial charge in [-0.05, 0) is 52.8 Å². The molecule has 0 radical (unpaired) electrons. The second kappa shape index (κ2) is 6.23. The van der Waals surface area contributed by atoms with Crippen LogP contribution in [0.5, 0.6) is 0 Å². The van der Waals surface area contributed by atoms with Gasteiger partial charge >= 0.3 is 0 Å². The Morgan fingerprint density at radius 2 is 1.63 bits per heavy atom. The van der Waals surface area contributed by atoms with E-state index in [0.29, 0.717) is 12.5 Å². The number of halogens is 1. The first kappa shape index (κ1) is 14.1. The second-order valence-electron chi connectivity index (χ2n) is 5.35. The van der Waals surface area contributed by atoms with Crippen LogP contribution in [-0.4, -0.2) is 0 Å². The predicted molar refractivity (Wildman–Crippen MR) is 83.3 cm³/mol. The van der Waals surface area contributed by atoms with Crippen molar-refractivity contribution < 1.29 is 0 Å². The lowest BCUT2D eigenvalue weighted by atomic mass is 9.98. The first-order valence-electron chi connectivity index (χ1n) is 6.67. The smallest absolute Gasteiger partial charge is 0.0415 e. The molecule has 0 unspecified atom stereocenters. The molecule has 0 saturated heterocycles. The van der Waals surface area contributed by atoms with E-state index in [0.717, 1.165) is 22.6 Å². The number of hydrogen-bond donors (Lipinski definition) is 1. The van der Waals surface area contributed by atoms with E-state index in [9.17, 15) is 0 Å². The van der Waals surface area contributed by atoms with Crippen molar-refractivity contribution in [3.8, 4) is 11.1 Å². The van der Waals surface area contributed by atoms with Crippen LogP contribution in [0.15, 0.2) is 42.5 Å². The summed E-state index contributed by atoms with van der Waals surface area (Å²) in [5.74, 6) is 0.681. The Morgan fingerprint density at radius 1 is 0.947 bits per heavy atom. The molecule has 2 N–H and O–H groups in total. The summed E-state index contributed by atoms with van der Waals surface area (Å²) >= 11 is 6.12. The van der Waals surface area contributed by atoms with Crippen molar-refractivity contribution in [2.45, 2.75) is 26.8 Å². The quantitative estimate of drug-likeness (QED) is 0.861. The van der Waals surface area contributed by atoms with Crippen LogP contribution in [0.3, 0.4) is 0 Å². The zero-order valence-corrected chi connectivity index (χ0v) is 12.2. The van der Waals surface area contributed by atoms with Gasteiger partial charge in [0, 0.05) is 11.6 Å². The summed E-state index contributed by atoms with van der Waals surface area (Å²) in [4.78, 5) is 0. The standard InChI is InChI=1S/C17H20ClN/c1-12(2)7-13-3-5-15(6-4-13)16-8-14(11-19)9-17(18)10-16/h3-6,8-10,12H,7,11,19H2,1-2H3. The minimum absolute atomic E-state index is 0.513. The van der Waals surface area contributed by atoms with Gasteiger partial charge in [0.15, 0.2) is 0 Å². The van der Waals surface area contributed by atoms with Crippen LogP contribution >= 0.6 is 11.6 Å². The van der Waals surface area contributed by atoms with Gasteiger partial charge in [-0.2, -0.15) is 0 Å². The molecule has 100 valence electrons. The molecule has 0 aliphatic carbocycles. The summed E-state index contributed by atoms with van der Waals surface area (Å²) in [7, 11) is 0. The van der Waals surface area contributed by atoms with Gasteiger partial charge in [-0.1, -0.05) is 49.7 Å². The zero-order chi connectivity index (χ0) is 13.8. The van der Waals surface area contributed by atoms with Crippen LogP contribution < -0.4 is 5.73 Å². The molecule has 0 atom stereocenters. The fourth-order valence-corrected chi connectivity index (χ4v) is 2.50. The van der Waals surface area contributed by atoms with E-state index in [1.807, 2.05) is 12.1 Å². The molecule has 19 heavy (non-hydrogen) atoms. The molecule has 0 aliphatic rings. The van der Waals surface area contributed by atoms with Crippen LogP contribution in [0.4, 0.5) is 0 Å². The molecule has 2 heteroatoms. The average molecular weight is 274 g/mol. The Hall–Kier alpha value is -1.31. The summed E-state index contributed by atoms with van der Waals surface area (Å²) in [5.41, 5.74) is 10.4. The zero-order valence-electron chi connectivity index (χ0n) is 11.5. The molecule has 2 aromatic rings. The lowest BCUT2D eigenvalue weighted by molar-refractivity contribution is 0.647. The molecule has 0 amide bonds. The summed E-state index contributed by atoms with van der Waals surface area (Å²) < 4.78 is 0. The molecule has 0 aromatic heterocycles. The van der Waals surface area contributed by atoms with Gasteiger partial charge in [0.2, 0.25) is 0 Å². The van der Waals surface area contributed by atoms with Crippen LogP contribution in [-0.2, 0) is 13.0 Å². The minimum Gasteiger partial charge on any atom is -0.326 e. The third-order valence-corrected chi connectivity index (χ3v) is 3.34. The highest BCUT2D eigenvalue weighted by molar-refractivity contribution is 6.31. The molecule has 0 heterocycles. The molecular formula is C17H20ClN. The number of hydrogen-bond acceptors (Lipinski definition) is 1. The summed E-state index contributed by atoms with van der Waals surface area (Å²) in [5, 5.41) is 0.740. The molecule has 0 spiro atoms. The molecule has 2 rings (SSSR count). The van der Waals surface area contributed by atoms with Crippen molar-refractivity contribution >= 4 is 11.6 Å². The third kappa shape index (κ3) is 3.82. The van der Waals surface area contributed by atoms with Gasteiger partial charge < -0.3 is 5.73 Å². The highest BCUT2D eigenvalue weighted by atomic mass is 35.5. The third-order valence-electron chi connectivity index (χ3n) is 3.12. The van der Waals surface area contributed by atoms with Crippen molar-refractivity contribution in [1.29, 1.82) is 0 Å². The monoisotopic (exact) mass is 273 g/mol. The highest BCUT2D eigenvalue weighted by Gasteiger charge is 2.03. The fourth-order valence-electron chi connectivity index (χ4n) is 2.24. The van der Waals surface area contributed by atoms with Crippen molar-refractivity contribution in [2.75, 3.05) is 0 Å². The second-order valence-corrected chi connectivity index (χ2v) is 5.78. The Morgan fingerprint density at radius 3 is 2.21 bits per heavy atom. The summed E-state index contributed by atoms with van der Waals surface area (Å²) in [6, 6.07) is 14.7. The fraction of sp³-hybridized carbons (Fsp3) is 0.294.